The zero-order valence-corrected chi connectivity index (χ0v) is 9.78. The molecule has 1 aliphatic carbocycles. The van der Waals surface area contributed by atoms with E-state index >= 15 is 0 Å². The third kappa shape index (κ3) is 1.61. The number of rotatable bonds is 1. The smallest absolute Gasteiger partial charge is 0.306 e. The van der Waals surface area contributed by atoms with Crippen LogP contribution in [0.2, 0.25) is 0 Å². The molecule has 2 N–H and O–H groups in total. The van der Waals surface area contributed by atoms with Gasteiger partial charge in [0.05, 0.1) is 5.92 Å². The van der Waals surface area contributed by atoms with Crippen molar-refractivity contribution in [2.24, 2.45) is 5.92 Å². The summed E-state index contributed by atoms with van der Waals surface area (Å²) in [5.41, 5.74) is 2.83. The highest BCUT2D eigenvalue weighted by molar-refractivity contribution is 5.70. The van der Waals surface area contributed by atoms with Crippen molar-refractivity contribution >= 4 is 11.7 Å². The number of hydrogen-bond donors (Lipinski definition) is 2. The standard InChI is InChI=1S/C14H17NO2/c16-13(17)10-5-7-14(8-6-10)9-15-12-4-2-1-3-11(12)14/h1-4,10,15H,5-9H2,(H,16,17). The fourth-order valence-corrected chi connectivity index (χ4v) is 3.32. The molecule has 1 aromatic rings. The lowest BCUT2D eigenvalue weighted by molar-refractivity contribution is -0.143. The molecule has 90 valence electrons. The average molecular weight is 231 g/mol. The van der Waals surface area contributed by atoms with E-state index in [0.717, 1.165) is 32.2 Å². The van der Waals surface area contributed by atoms with Crippen LogP contribution in [-0.4, -0.2) is 17.6 Å². The molecule has 1 aliphatic heterocycles. The molecule has 0 atom stereocenters. The van der Waals surface area contributed by atoms with Crippen molar-refractivity contribution in [3.05, 3.63) is 29.8 Å². The van der Waals surface area contributed by atoms with Crippen molar-refractivity contribution < 1.29 is 9.90 Å². The number of carboxylic acid groups (broad SMARTS) is 1. The molecule has 17 heavy (non-hydrogen) atoms. The van der Waals surface area contributed by atoms with Gasteiger partial charge in [0.25, 0.3) is 0 Å². The number of nitrogens with one attached hydrogen (secondary N) is 1. The van der Waals surface area contributed by atoms with Gasteiger partial charge in [-0.3, -0.25) is 4.79 Å². The molecular formula is C14H17NO2. The molecule has 1 aromatic carbocycles. The number of para-hydroxylation sites is 1. The number of anilines is 1. The van der Waals surface area contributed by atoms with Gasteiger partial charge >= 0.3 is 5.97 Å². The van der Waals surface area contributed by atoms with E-state index in [1.54, 1.807) is 0 Å². The fraction of sp³-hybridized carbons (Fsp3) is 0.500. The van der Waals surface area contributed by atoms with Crippen LogP contribution in [0.15, 0.2) is 24.3 Å². The molecule has 3 heteroatoms. The van der Waals surface area contributed by atoms with Crippen LogP contribution in [0.25, 0.3) is 0 Å². The fourth-order valence-electron chi connectivity index (χ4n) is 3.32. The van der Waals surface area contributed by atoms with Crippen LogP contribution in [0.3, 0.4) is 0 Å². The van der Waals surface area contributed by atoms with Crippen molar-refractivity contribution in [2.45, 2.75) is 31.1 Å². The molecule has 0 aromatic heterocycles. The van der Waals surface area contributed by atoms with E-state index in [-0.39, 0.29) is 11.3 Å². The topological polar surface area (TPSA) is 49.3 Å². The molecule has 3 rings (SSSR count). The van der Waals surface area contributed by atoms with Gasteiger partial charge in [-0.05, 0) is 37.3 Å². The van der Waals surface area contributed by atoms with Crippen LogP contribution >= 0.6 is 0 Å². The molecule has 1 fully saturated rings. The van der Waals surface area contributed by atoms with Gasteiger partial charge in [0.2, 0.25) is 0 Å². The Morgan fingerprint density at radius 1 is 1.29 bits per heavy atom. The van der Waals surface area contributed by atoms with E-state index in [4.69, 9.17) is 5.11 Å². The Labute approximate surface area is 101 Å². The molecule has 0 saturated heterocycles. The maximum Gasteiger partial charge on any atom is 0.306 e. The molecular weight excluding hydrogens is 214 g/mol. The quantitative estimate of drug-likeness (QED) is 0.781. The lowest BCUT2D eigenvalue weighted by Gasteiger charge is -2.35. The first-order chi connectivity index (χ1) is 8.21. The number of carbonyl (C=O) groups is 1. The van der Waals surface area contributed by atoms with E-state index < -0.39 is 5.97 Å². The molecule has 2 aliphatic rings. The molecule has 1 spiro atoms. The van der Waals surface area contributed by atoms with E-state index in [2.05, 4.69) is 23.5 Å². The second kappa shape index (κ2) is 3.76. The molecule has 0 bridgehead atoms. The summed E-state index contributed by atoms with van der Waals surface area (Å²) < 4.78 is 0. The van der Waals surface area contributed by atoms with Gasteiger partial charge in [-0.1, -0.05) is 18.2 Å². The Hall–Kier alpha value is -1.51. The number of hydrogen-bond acceptors (Lipinski definition) is 2. The third-order valence-electron chi connectivity index (χ3n) is 4.41. The van der Waals surface area contributed by atoms with Crippen molar-refractivity contribution in [3.63, 3.8) is 0 Å². The van der Waals surface area contributed by atoms with Gasteiger partial charge in [-0.2, -0.15) is 0 Å². The van der Waals surface area contributed by atoms with Crippen LogP contribution < -0.4 is 5.32 Å². The molecule has 3 nitrogen and oxygen atoms in total. The first kappa shape index (κ1) is 10.6. The van der Waals surface area contributed by atoms with Crippen molar-refractivity contribution in [3.8, 4) is 0 Å². The van der Waals surface area contributed by atoms with Gasteiger partial charge < -0.3 is 10.4 Å². The van der Waals surface area contributed by atoms with E-state index in [0.29, 0.717) is 0 Å². The minimum atomic E-state index is -0.626. The minimum absolute atomic E-state index is 0.131. The Morgan fingerprint density at radius 3 is 2.71 bits per heavy atom. The number of fused-ring (bicyclic) bond motifs is 2. The van der Waals surface area contributed by atoms with Gasteiger partial charge in [-0.15, -0.1) is 0 Å². The summed E-state index contributed by atoms with van der Waals surface area (Å²) in [7, 11) is 0. The van der Waals surface area contributed by atoms with Crippen LogP contribution in [0.1, 0.15) is 31.2 Å². The monoisotopic (exact) mass is 231 g/mol. The summed E-state index contributed by atoms with van der Waals surface area (Å²) in [6.07, 6.45) is 3.61. The van der Waals surface area contributed by atoms with E-state index in [9.17, 15) is 4.79 Å². The van der Waals surface area contributed by atoms with Gasteiger partial charge in [0.15, 0.2) is 0 Å². The summed E-state index contributed by atoms with van der Waals surface area (Å²) in [5, 5.41) is 12.5. The zero-order valence-electron chi connectivity index (χ0n) is 9.78. The number of aliphatic carboxylic acids is 1. The lowest BCUT2D eigenvalue weighted by atomic mass is 9.68. The second-order valence-corrected chi connectivity index (χ2v) is 5.29. The van der Waals surface area contributed by atoms with E-state index in [1.165, 1.54) is 11.3 Å². The maximum atomic E-state index is 11.0. The summed E-state index contributed by atoms with van der Waals surface area (Å²) >= 11 is 0. The second-order valence-electron chi connectivity index (χ2n) is 5.29. The molecule has 0 radical (unpaired) electrons. The predicted molar refractivity (Wildman–Crippen MR) is 66.2 cm³/mol. The van der Waals surface area contributed by atoms with Crippen molar-refractivity contribution in [1.82, 2.24) is 0 Å². The molecule has 0 amide bonds. The third-order valence-corrected chi connectivity index (χ3v) is 4.41. The van der Waals surface area contributed by atoms with E-state index in [1.807, 2.05) is 6.07 Å². The first-order valence-electron chi connectivity index (χ1n) is 6.27. The molecule has 1 saturated carbocycles. The highest BCUT2D eigenvalue weighted by Gasteiger charge is 2.42. The van der Waals surface area contributed by atoms with Crippen LogP contribution in [0, 0.1) is 5.92 Å². The van der Waals surface area contributed by atoms with Crippen molar-refractivity contribution in [1.29, 1.82) is 0 Å². The summed E-state index contributed by atoms with van der Waals surface area (Å²) in [4.78, 5) is 11.0. The first-order valence-corrected chi connectivity index (χ1v) is 6.27. The SMILES string of the molecule is O=C(O)C1CCC2(CC1)CNc1ccccc12. The van der Waals surface area contributed by atoms with Crippen LogP contribution in [0.4, 0.5) is 5.69 Å². The summed E-state index contributed by atoms with van der Waals surface area (Å²) in [6.45, 7) is 0.971. The van der Waals surface area contributed by atoms with Crippen LogP contribution in [-0.2, 0) is 10.2 Å². The molecule has 0 unspecified atom stereocenters. The predicted octanol–water partition coefficient (Wildman–Crippen LogP) is 2.62. The Kier molecular flexibility index (Phi) is 2.35. The largest absolute Gasteiger partial charge is 0.481 e. The van der Waals surface area contributed by atoms with Gasteiger partial charge in [0.1, 0.15) is 0 Å². The minimum Gasteiger partial charge on any atom is -0.481 e. The molecule has 1 heterocycles. The lowest BCUT2D eigenvalue weighted by Crippen LogP contribution is -2.35. The highest BCUT2D eigenvalue weighted by atomic mass is 16.4. The Balaban J connectivity index is 1.85. The van der Waals surface area contributed by atoms with Gasteiger partial charge in [0, 0.05) is 17.6 Å². The number of carboxylic acids is 1. The Bertz CT molecular complexity index is 447. The summed E-state index contributed by atoms with van der Waals surface area (Å²) in [6, 6.07) is 8.44. The van der Waals surface area contributed by atoms with Crippen molar-refractivity contribution in [2.75, 3.05) is 11.9 Å². The maximum absolute atomic E-state index is 11.0. The van der Waals surface area contributed by atoms with Gasteiger partial charge in [-0.25, -0.2) is 0 Å². The van der Waals surface area contributed by atoms with Crippen LogP contribution in [0.5, 0.6) is 0 Å². The average Bonchev–Trinajstić information content (AvgIpc) is 2.70. The Morgan fingerprint density at radius 2 is 2.00 bits per heavy atom. The normalized spacial score (nSPS) is 30.9. The summed E-state index contributed by atoms with van der Waals surface area (Å²) in [5.74, 6) is -0.757. The highest BCUT2D eigenvalue weighted by Crippen LogP contribution is 2.47. The zero-order chi connectivity index (χ0) is 11.9. The number of benzene rings is 1.